The fourth-order valence-corrected chi connectivity index (χ4v) is 2.52. The van der Waals surface area contributed by atoms with Crippen molar-refractivity contribution < 1.29 is 5.11 Å². The maximum absolute atomic E-state index is 12.5. The largest absolute Gasteiger partial charge is 0.395 e. The summed E-state index contributed by atoms with van der Waals surface area (Å²) < 4.78 is 1.61. The number of hydrogen-bond acceptors (Lipinski definition) is 3. The van der Waals surface area contributed by atoms with Gasteiger partial charge in [-0.15, -0.1) is 0 Å². The van der Waals surface area contributed by atoms with Crippen LogP contribution in [0.5, 0.6) is 0 Å². The van der Waals surface area contributed by atoms with Gasteiger partial charge in [-0.1, -0.05) is 12.1 Å². The first kappa shape index (κ1) is 15.5. The van der Waals surface area contributed by atoms with Gasteiger partial charge in [0.1, 0.15) is 0 Å². The van der Waals surface area contributed by atoms with Gasteiger partial charge in [0.2, 0.25) is 0 Å². The van der Waals surface area contributed by atoms with E-state index in [0.29, 0.717) is 5.56 Å². The van der Waals surface area contributed by atoms with Gasteiger partial charge in [0.15, 0.2) is 0 Å². The predicted octanol–water partition coefficient (Wildman–Crippen LogP) is 1.89. The third kappa shape index (κ3) is 2.91. The Labute approximate surface area is 124 Å². The molecule has 0 saturated carbocycles. The molecular weight excluding hydrogens is 264 g/mol. The number of pyridine rings is 1. The molecule has 0 saturated heterocycles. The zero-order valence-electron chi connectivity index (χ0n) is 12.8. The highest BCUT2D eigenvalue weighted by Crippen LogP contribution is 2.23. The molecule has 0 unspecified atom stereocenters. The Morgan fingerprint density at radius 3 is 2.38 bits per heavy atom. The van der Waals surface area contributed by atoms with E-state index in [9.17, 15) is 9.90 Å². The number of nitrogens with two attached hydrogens (primary N) is 1. The molecule has 0 radical (unpaired) electrons. The standard InChI is InChI=1S/C17H22N2O2/c1-11-4-5-14(8-12(11)2)16-9-13(3)15(10-18)17(21)19(16)6-7-20/h4-5,8-9,20H,6-7,10,18H2,1-3H3. The summed E-state index contributed by atoms with van der Waals surface area (Å²) >= 11 is 0. The highest BCUT2D eigenvalue weighted by molar-refractivity contribution is 5.63. The van der Waals surface area contributed by atoms with Gasteiger partial charge in [-0.05, 0) is 55.2 Å². The van der Waals surface area contributed by atoms with E-state index in [1.165, 1.54) is 11.1 Å². The van der Waals surface area contributed by atoms with Gasteiger partial charge in [-0.25, -0.2) is 0 Å². The Bertz CT molecular complexity index is 717. The van der Waals surface area contributed by atoms with Crippen molar-refractivity contribution in [3.8, 4) is 11.3 Å². The molecule has 4 heteroatoms. The quantitative estimate of drug-likeness (QED) is 0.902. The lowest BCUT2D eigenvalue weighted by atomic mass is 10.0. The molecule has 0 amide bonds. The zero-order chi connectivity index (χ0) is 15.6. The van der Waals surface area contributed by atoms with Crippen molar-refractivity contribution in [3.05, 3.63) is 56.9 Å². The Hall–Kier alpha value is -1.91. The smallest absolute Gasteiger partial charge is 0.255 e. The molecule has 4 nitrogen and oxygen atoms in total. The van der Waals surface area contributed by atoms with Crippen molar-refractivity contribution in [1.29, 1.82) is 0 Å². The van der Waals surface area contributed by atoms with Crippen LogP contribution in [-0.4, -0.2) is 16.3 Å². The number of aliphatic hydroxyl groups excluding tert-OH is 1. The second kappa shape index (κ2) is 6.24. The summed E-state index contributed by atoms with van der Waals surface area (Å²) in [5, 5.41) is 9.26. The van der Waals surface area contributed by atoms with Crippen LogP contribution >= 0.6 is 0 Å². The Kier molecular flexibility index (Phi) is 4.60. The molecule has 0 fully saturated rings. The molecule has 0 spiro atoms. The molecule has 3 N–H and O–H groups in total. The summed E-state index contributed by atoms with van der Waals surface area (Å²) in [6.45, 7) is 6.41. The minimum absolute atomic E-state index is 0.0785. The number of benzene rings is 1. The lowest BCUT2D eigenvalue weighted by Gasteiger charge is -2.16. The Balaban J connectivity index is 2.72. The third-order valence-corrected chi connectivity index (χ3v) is 3.95. The summed E-state index contributed by atoms with van der Waals surface area (Å²) in [6.07, 6.45) is 0. The topological polar surface area (TPSA) is 68.2 Å². The molecule has 0 bridgehead atoms. The van der Waals surface area contributed by atoms with Crippen LogP contribution in [0, 0.1) is 20.8 Å². The number of rotatable bonds is 4. The van der Waals surface area contributed by atoms with Crippen LogP contribution in [0.25, 0.3) is 11.3 Å². The van der Waals surface area contributed by atoms with Crippen molar-refractivity contribution in [3.63, 3.8) is 0 Å². The molecule has 112 valence electrons. The van der Waals surface area contributed by atoms with E-state index in [-0.39, 0.29) is 25.3 Å². The number of aliphatic hydroxyl groups is 1. The number of nitrogens with zero attached hydrogens (tertiary/aromatic N) is 1. The van der Waals surface area contributed by atoms with Crippen LogP contribution < -0.4 is 11.3 Å². The Morgan fingerprint density at radius 1 is 1.10 bits per heavy atom. The molecule has 0 aliphatic heterocycles. The summed E-state index contributed by atoms with van der Waals surface area (Å²) in [5.41, 5.74) is 11.3. The molecule has 1 aromatic heterocycles. The highest BCUT2D eigenvalue weighted by Gasteiger charge is 2.13. The second-order valence-corrected chi connectivity index (χ2v) is 5.37. The van der Waals surface area contributed by atoms with Crippen LogP contribution in [0.15, 0.2) is 29.1 Å². The van der Waals surface area contributed by atoms with E-state index in [0.717, 1.165) is 16.8 Å². The van der Waals surface area contributed by atoms with Crippen LogP contribution in [-0.2, 0) is 13.1 Å². The van der Waals surface area contributed by atoms with E-state index >= 15 is 0 Å². The Morgan fingerprint density at radius 2 is 1.81 bits per heavy atom. The number of aromatic nitrogens is 1. The summed E-state index contributed by atoms with van der Waals surface area (Å²) in [7, 11) is 0. The van der Waals surface area contributed by atoms with Crippen molar-refractivity contribution >= 4 is 0 Å². The molecule has 21 heavy (non-hydrogen) atoms. The van der Waals surface area contributed by atoms with Crippen molar-refractivity contribution in [2.24, 2.45) is 5.73 Å². The average molecular weight is 286 g/mol. The van der Waals surface area contributed by atoms with E-state index < -0.39 is 0 Å². The van der Waals surface area contributed by atoms with Gasteiger partial charge in [0.05, 0.1) is 12.3 Å². The van der Waals surface area contributed by atoms with Crippen LogP contribution in [0.4, 0.5) is 0 Å². The summed E-state index contributed by atoms with van der Waals surface area (Å²) in [4.78, 5) is 12.5. The van der Waals surface area contributed by atoms with E-state index in [4.69, 9.17) is 5.73 Å². The van der Waals surface area contributed by atoms with E-state index in [2.05, 4.69) is 19.9 Å². The highest BCUT2D eigenvalue weighted by atomic mass is 16.3. The maximum atomic E-state index is 12.5. The maximum Gasteiger partial charge on any atom is 0.255 e. The molecule has 2 rings (SSSR count). The first-order valence-corrected chi connectivity index (χ1v) is 7.11. The van der Waals surface area contributed by atoms with Gasteiger partial charge >= 0.3 is 0 Å². The predicted molar refractivity (Wildman–Crippen MR) is 85.3 cm³/mol. The molecule has 1 aromatic carbocycles. The van der Waals surface area contributed by atoms with Crippen molar-refractivity contribution in [2.45, 2.75) is 33.9 Å². The molecule has 0 aliphatic rings. The molecule has 1 heterocycles. The minimum Gasteiger partial charge on any atom is -0.395 e. The third-order valence-electron chi connectivity index (χ3n) is 3.95. The van der Waals surface area contributed by atoms with Gasteiger partial charge in [0.25, 0.3) is 5.56 Å². The number of hydrogen-bond donors (Lipinski definition) is 2. The van der Waals surface area contributed by atoms with E-state index in [1.807, 2.05) is 25.1 Å². The molecule has 2 aromatic rings. The SMILES string of the molecule is Cc1ccc(-c2cc(C)c(CN)c(=O)n2CCO)cc1C. The minimum atomic E-state index is -0.111. The lowest BCUT2D eigenvalue weighted by molar-refractivity contribution is 0.274. The van der Waals surface area contributed by atoms with Gasteiger partial charge < -0.3 is 15.4 Å². The number of aryl methyl sites for hydroxylation is 3. The van der Waals surface area contributed by atoms with Crippen LogP contribution in [0.2, 0.25) is 0 Å². The van der Waals surface area contributed by atoms with Crippen molar-refractivity contribution in [2.75, 3.05) is 6.61 Å². The normalized spacial score (nSPS) is 10.9. The van der Waals surface area contributed by atoms with Crippen LogP contribution in [0.3, 0.4) is 0 Å². The van der Waals surface area contributed by atoms with Crippen molar-refractivity contribution in [1.82, 2.24) is 4.57 Å². The first-order valence-electron chi connectivity index (χ1n) is 7.11. The fourth-order valence-electron chi connectivity index (χ4n) is 2.52. The monoisotopic (exact) mass is 286 g/mol. The second-order valence-electron chi connectivity index (χ2n) is 5.37. The lowest BCUT2D eigenvalue weighted by Crippen LogP contribution is -2.29. The zero-order valence-corrected chi connectivity index (χ0v) is 12.8. The molecule has 0 atom stereocenters. The van der Waals surface area contributed by atoms with Gasteiger partial charge in [-0.3, -0.25) is 4.79 Å². The van der Waals surface area contributed by atoms with E-state index in [1.54, 1.807) is 4.57 Å². The molecule has 0 aliphatic carbocycles. The fraction of sp³-hybridized carbons (Fsp3) is 0.353. The van der Waals surface area contributed by atoms with Gasteiger partial charge in [0, 0.05) is 18.7 Å². The first-order chi connectivity index (χ1) is 9.99. The van der Waals surface area contributed by atoms with Crippen LogP contribution in [0.1, 0.15) is 22.3 Å². The molecular formula is C17H22N2O2. The average Bonchev–Trinajstić information content (AvgIpc) is 2.45. The summed E-state index contributed by atoms with van der Waals surface area (Å²) in [5.74, 6) is 0. The summed E-state index contributed by atoms with van der Waals surface area (Å²) in [6, 6.07) is 8.10. The van der Waals surface area contributed by atoms with Gasteiger partial charge in [-0.2, -0.15) is 0 Å².